The Morgan fingerprint density at radius 2 is 2.11 bits per heavy atom. The van der Waals surface area contributed by atoms with Gasteiger partial charge < -0.3 is 5.11 Å². The second-order valence-electron chi connectivity index (χ2n) is 2.86. The summed E-state index contributed by atoms with van der Waals surface area (Å²) in [5.41, 5.74) is 0.584. The molecule has 0 amide bonds. The Morgan fingerprint density at radius 1 is 1.44 bits per heavy atom. The fraction of sp³-hybridized carbons (Fsp3) is 0. The number of nitro groups is 2. The molecule has 2 N–H and O–H groups in total. The number of hydrogen-bond acceptors (Lipinski definition) is 7. The van der Waals surface area contributed by atoms with E-state index in [0.717, 1.165) is 12.1 Å². The Labute approximate surface area is 100 Å². The highest BCUT2D eigenvalue weighted by molar-refractivity contribution is 6.22. The monoisotopic (exact) mass is 255 g/mol. The van der Waals surface area contributed by atoms with E-state index >= 15 is 0 Å². The molecule has 0 saturated carbocycles. The molecular weight excluding hydrogens is 248 g/mol. The molecule has 1 aromatic rings. The number of non-ortho nitro benzene ring substituents is 1. The van der Waals surface area contributed by atoms with E-state index < -0.39 is 33.4 Å². The van der Waals surface area contributed by atoms with Crippen LogP contribution in [0, 0.1) is 20.2 Å². The molecule has 18 heavy (non-hydrogen) atoms. The molecule has 1 rings (SSSR count). The number of carboxylic acid groups (broad SMARTS) is 1. The van der Waals surface area contributed by atoms with Crippen molar-refractivity contribution in [1.29, 1.82) is 0 Å². The van der Waals surface area contributed by atoms with Crippen LogP contribution in [0.4, 0.5) is 17.1 Å². The average molecular weight is 255 g/mol. The van der Waals surface area contributed by atoms with Crippen molar-refractivity contribution in [3.05, 3.63) is 38.4 Å². The van der Waals surface area contributed by atoms with Crippen LogP contribution in [0.1, 0.15) is 1.37 Å². The third kappa shape index (κ3) is 3.23. The van der Waals surface area contributed by atoms with Crippen LogP contribution in [0.3, 0.4) is 0 Å². The minimum Gasteiger partial charge on any atom is -0.477 e. The highest BCUT2D eigenvalue weighted by Crippen LogP contribution is 2.28. The van der Waals surface area contributed by atoms with Gasteiger partial charge in [0.1, 0.15) is 11.9 Å². The Morgan fingerprint density at radius 3 is 2.61 bits per heavy atom. The fourth-order valence-corrected chi connectivity index (χ4v) is 1.02. The van der Waals surface area contributed by atoms with Gasteiger partial charge >= 0.3 is 11.7 Å². The predicted molar refractivity (Wildman–Crippen MR) is 59.5 cm³/mol. The number of anilines is 1. The third-order valence-corrected chi connectivity index (χ3v) is 1.72. The van der Waals surface area contributed by atoms with Gasteiger partial charge in [0.15, 0.2) is 0 Å². The maximum Gasteiger partial charge on any atom is 0.348 e. The molecule has 0 spiro atoms. The maximum absolute atomic E-state index is 10.7. The second kappa shape index (κ2) is 5.34. The van der Waals surface area contributed by atoms with Crippen LogP contribution in [-0.4, -0.2) is 27.1 Å². The van der Waals surface area contributed by atoms with E-state index in [1.807, 2.05) is 5.43 Å². The highest BCUT2D eigenvalue weighted by atomic mass is 16.6. The van der Waals surface area contributed by atoms with Crippen molar-refractivity contribution in [1.82, 2.24) is 0 Å². The summed E-state index contributed by atoms with van der Waals surface area (Å²) < 4.78 is 6.87. The van der Waals surface area contributed by atoms with Crippen LogP contribution >= 0.6 is 0 Å². The van der Waals surface area contributed by atoms with E-state index in [1.165, 1.54) is 0 Å². The lowest BCUT2D eigenvalue weighted by Gasteiger charge is -2.01. The van der Waals surface area contributed by atoms with Crippen molar-refractivity contribution in [2.75, 3.05) is 5.43 Å². The molecular formula is C8H6N4O6. The minimum atomic E-state index is -1.63. The van der Waals surface area contributed by atoms with Crippen LogP contribution in [0.25, 0.3) is 0 Å². The number of nitrogens with zero attached hydrogens (tertiary/aromatic N) is 3. The summed E-state index contributed by atoms with van der Waals surface area (Å²) in [4.78, 5) is 29.8. The molecule has 10 nitrogen and oxygen atoms in total. The van der Waals surface area contributed by atoms with E-state index in [-0.39, 0.29) is 5.69 Å². The number of aliphatic carboxylic acids is 1. The number of hydrogen-bond donors (Lipinski definition) is 2. The van der Waals surface area contributed by atoms with Gasteiger partial charge in [0.05, 0.1) is 17.3 Å². The van der Waals surface area contributed by atoms with Gasteiger partial charge in [0.2, 0.25) is 0 Å². The predicted octanol–water partition coefficient (Wildman–Crippen LogP) is 0.985. The van der Waals surface area contributed by atoms with Gasteiger partial charge in [0.25, 0.3) is 5.69 Å². The number of rotatable bonds is 5. The van der Waals surface area contributed by atoms with Gasteiger partial charge in [-0.15, -0.1) is 0 Å². The van der Waals surface area contributed by atoms with Gasteiger partial charge in [0, 0.05) is 6.07 Å². The molecule has 0 aliphatic heterocycles. The first-order chi connectivity index (χ1) is 8.82. The molecule has 0 unspecified atom stereocenters. The number of benzene rings is 1. The first-order valence-electron chi connectivity index (χ1n) is 4.79. The zero-order chi connectivity index (χ0) is 14.6. The van der Waals surface area contributed by atoms with E-state index in [1.54, 1.807) is 0 Å². The Kier molecular flexibility index (Phi) is 3.39. The normalized spacial score (nSPS) is 11.6. The number of hydrazone groups is 1. The third-order valence-electron chi connectivity index (χ3n) is 1.72. The van der Waals surface area contributed by atoms with Crippen molar-refractivity contribution in [2.45, 2.75) is 0 Å². The topological polar surface area (TPSA) is 148 Å². The standard InChI is InChI=1S/C8H6N4O6/c13-8(14)4-9-10-6-2-1-5(11(15)16)3-7(6)12(17)18/h1-4,10H,(H,13,14)/b9-4-/i4D. The number of nitrogens with one attached hydrogen (secondary N) is 1. The van der Waals surface area contributed by atoms with Gasteiger partial charge in [-0.1, -0.05) is 0 Å². The molecule has 0 saturated heterocycles. The molecule has 1 aromatic carbocycles. The number of nitro benzene ring substituents is 2. The second-order valence-corrected chi connectivity index (χ2v) is 2.86. The first kappa shape index (κ1) is 11.4. The number of carbonyl (C=O) groups is 1. The molecule has 10 heteroatoms. The van der Waals surface area contributed by atoms with Crippen molar-refractivity contribution in [2.24, 2.45) is 5.10 Å². The Balaban J connectivity index is 3.14. The first-order valence-corrected chi connectivity index (χ1v) is 4.29. The van der Waals surface area contributed by atoms with Crippen molar-refractivity contribution < 1.29 is 21.1 Å². The lowest BCUT2D eigenvalue weighted by Crippen LogP contribution is -2.01. The van der Waals surface area contributed by atoms with Crippen molar-refractivity contribution in [3.63, 3.8) is 0 Å². The van der Waals surface area contributed by atoms with Crippen LogP contribution in [0.5, 0.6) is 0 Å². The summed E-state index contributed by atoms with van der Waals surface area (Å²) in [5, 5.41) is 32.6. The lowest BCUT2D eigenvalue weighted by atomic mass is 10.2. The van der Waals surface area contributed by atoms with Gasteiger partial charge in [-0.25, -0.2) is 4.79 Å². The van der Waals surface area contributed by atoms with Crippen molar-refractivity contribution in [3.8, 4) is 0 Å². The quantitative estimate of drug-likeness (QED) is 0.452. The fourth-order valence-electron chi connectivity index (χ4n) is 1.02. The van der Waals surface area contributed by atoms with E-state index in [2.05, 4.69) is 5.10 Å². The molecule has 0 radical (unpaired) electrons. The zero-order valence-corrected chi connectivity index (χ0v) is 8.56. The molecule has 0 bridgehead atoms. The summed E-state index contributed by atoms with van der Waals surface area (Å²) in [6, 6.07) is 2.67. The van der Waals surface area contributed by atoms with E-state index in [9.17, 15) is 25.0 Å². The summed E-state index contributed by atoms with van der Waals surface area (Å²) in [6.07, 6.45) is -1.06. The SMILES string of the molecule is [2H]/C(=N/Nc1ccc([N+](=O)[O-])cc1[N+](=O)[O-])C(=O)O. The van der Waals surface area contributed by atoms with Crippen LogP contribution < -0.4 is 5.43 Å². The van der Waals surface area contributed by atoms with Crippen LogP contribution in [0.2, 0.25) is 0 Å². The number of carboxylic acids is 1. The average Bonchev–Trinajstić information content (AvgIpc) is 2.35. The van der Waals surface area contributed by atoms with Gasteiger partial charge in [-0.05, 0) is 6.07 Å². The van der Waals surface area contributed by atoms with E-state index in [0.29, 0.717) is 6.07 Å². The van der Waals surface area contributed by atoms with Crippen LogP contribution in [0.15, 0.2) is 23.3 Å². The smallest absolute Gasteiger partial charge is 0.348 e. The molecule has 0 fully saturated rings. The largest absolute Gasteiger partial charge is 0.477 e. The maximum atomic E-state index is 10.7. The molecule has 0 atom stereocenters. The van der Waals surface area contributed by atoms with Gasteiger partial charge in [-0.2, -0.15) is 5.10 Å². The molecule has 0 aliphatic carbocycles. The molecule has 0 heterocycles. The highest BCUT2D eigenvalue weighted by Gasteiger charge is 2.18. The summed E-state index contributed by atoms with van der Waals surface area (Å²) in [7, 11) is 0. The molecule has 94 valence electrons. The van der Waals surface area contributed by atoms with E-state index in [4.69, 9.17) is 6.48 Å². The minimum absolute atomic E-state index is 0.262. The van der Waals surface area contributed by atoms with Crippen LogP contribution in [-0.2, 0) is 4.79 Å². The Bertz CT molecular complexity index is 587. The summed E-state index contributed by atoms with van der Waals surface area (Å²) >= 11 is 0. The zero-order valence-electron chi connectivity index (χ0n) is 9.56. The molecule has 0 aliphatic rings. The molecule has 0 aromatic heterocycles. The van der Waals surface area contributed by atoms with Crippen molar-refractivity contribution >= 4 is 29.2 Å². The van der Waals surface area contributed by atoms with Gasteiger partial charge in [-0.3, -0.25) is 25.7 Å². The lowest BCUT2D eigenvalue weighted by molar-refractivity contribution is -0.393. The summed E-state index contributed by atoms with van der Waals surface area (Å²) in [6.45, 7) is 0. The Hall–Kier alpha value is -3.04. The summed E-state index contributed by atoms with van der Waals surface area (Å²) in [5.74, 6) is -1.63.